The van der Waals surface area contributed by atoms with Crippen LogP contribution in [0.4, 0.5) is 11.5 Å². The van der Waals surface area contributed by atoms with Gasteiger partial charge in [-0.25, -0.2) is 19.2 Å². The van der Waals surface area contributed by atoms with E-state index in [-0.39, 0.29) is 10.7 Å². The Bertz CT molecular complexity index is 754. The van der Waals surface area contributed by atoms with Crippen LogP contribution in [0.2, 0.25) is 0 Å². The summed E-state index contributed by atoms with van der Waals surface area (Å²) in [6, 6.07) is 6.66. The molecule has 0 unspecified atom stereocenters. The van der Waals surface area contributed by atoms with Gasteiger partial charge in [-0.1, -0.05) is 15.9 Å². The number of hydrogen-bond acceptors (Lipinski definition) is 5. The Morgan fingerprint density at radius 2 is 1.86 bits per heavy atom. The lowest BCUT2D eigenvalue weighted by Crippen LogP contribution is -2.19. The van der Waals surface area contributed by atoms with Crippen LogP contribution in [0.1, 0.15) is 11.1 Å². The van der Waals surface area contributed by atoms with Crippen LogP contribution in [0.25, 0.3) is 0 Å². The second-order valence-electron chi connectivity index (χ2n) is 4.51. The maximum atomic E-state index is 12.5. The lowest BCUT2D eigenvalue weighted by molar-refractivity contribution is 0.601. The normalized spacial score (nSPS) is 11.2. The van der Waals surface area contributed by atoms with Gasteiger partial charge in [0.25, 0.3) is 10.0 Å². The molecule has 1 heterocycles. The van der Waals surface area contributed by atoms with Crippen molar-refractivity contribution in [2.45, 2.75) is 18.7 Å². The summed E-state index contributed by atoms with van der Waals surface area (Å²) in [7, 11) is -3.78. The number of hydrazine groups is 1. The summed E-state index contributed by atoms with van der Waals surface area (Å²) in [6.45, 7) is 3.67. The first-order valence-electron chi connectivity index (χ1n) is 6.06. The molecule has 0 spiro atoms. The zero-order valence-electron chi connectivity index (χ0n) is 11.5. The topological polar surface area (TPSA) is 97.1 Å². The van der Waals surface area contributed by atoms with Crippen molar-refractivity contribution in [1.29, 1.82) is 0 Å². The van der Waals surface area contributed by atoms with Gasteiger partial charge in [0.2, 0.25) is 0 Å². The summed E-state index contributed by atoms with van der Waals surface area (Å²) in [6.07, 6.45) is 1.46. The van der Waals surface area contributed by atoms with Gasteiger partial charge in [0, 0.05) is 10.7 Å². The molecule has 0 aliphatic carbocycles. The van der Waals surface area contributed by atoms with Crippen molar-refractivity contribution in [2.24, 2.45) is 5.84 Å². The minimum atomic E-state index is -3.78. The average molecular weight is 371 g/mol. The molecule has 1 aromatic carbocycles. The Balaban J connectivity index is 2.48. The molecule has 0 radical (unpaired) electrons. The van der Waals surface area contributed by atoms with Crippen LogP contribution < -0.4 is 16.0 Å². The molecular formula is C13H15BrN4O2S. The third-order valence-electron chi connectivity index (χ3n) is 2.93. The molecule has 0 atom stereocenters. The average Bonchev–Trinajstić information content (AvgIpc) is 2.43. The van der Waals surface area contributed by atoms with E-state index in [1.54, 1.807) is 0 Å². The van der Waals surface area contributed by atoms with Gasteiger partial charge in [0.15, 0.2) is 5.82 Å². The highest BCUT2D eigenvalue weighted by molar-refractivity contribution is 9.10. The molecule has 0 saturated carbocycles. The van der Waals surface area contributed by atoms with Crippen LogP contribution in [0, 0.1) is 13.8 Å². The number of hydrogen-bond donors (Lipinski definition) is 3. The monoisotopic (exact) mass is 370 g/mol. The van der Waals surface area contributed by atoms with E-state index in [1.807, 2.05) is 26.0 Å². The quantitative estimate of drug-likeness (QED) is 0.567. The van der Waals surface area contributed by atoms with Crippen molar-refractivity contribution >= 4 is 37.5 Å². The summed E-state index contributed by atoms with van der Waals surface area (Å²) in [5, 5.41) is 0. The zero-order valence-corrected chi connectivity index (χ0v) is 13.9. The highest BCUT2D eigenvalue weighted by Crippen LogP contribution is 2.28. The van der Waals surface area contributed by atoms with Crippen molar-refractivity contribution in [2.75, 3.05) is 10.1 Å². The summed E-state index contributed by atoms with van der Waals surface area (Å²) in [5.74, 6) is 5.40. The molecule has 1 aromatic heterocycles. The molecule has 2 rings (SSSR count). The molecule has 0 saturated heterocycles. The van der Waals surface area contributed by atoms with Gasteiger partial charge in [-0.05, 0) is 49.2 Å². The molecule has 4 N–H and O–H groups in total. The maximum absolute atomic E-state index is 12.5. The number of halogens is 1. The number of rotatable bonds is 4. The predicted molar refractivity (Wildman–Crippen MR) is 86.5 cm³/mol. The van der Waals surface area contributed by atoms with E-state index in [4.69, 9.17) is 5.84 Å². The Labute approximate surface area is 131 Å². The lowest BCUT2D eigenvalue weighted by atomic mass is 10.1. The van der Waals surface area contributed by atoms with Gasteiger partial charge in [-0.15, -0.1) is 0 Å². The van der Waals surface area contributed by atoms with Gasteiger partial charge in [0.05, 0.1) is 5.69 Å². The van der Waals surface area contributed by atoms with Crippen molar-refractivity contribution in [1.82, 2.24) is 4.98 Å². The third-order valence-corrected chi connectivity index (χ3v) is 4.77. The molecule has 0 bridgehead atoms. The van der Waals surface area contributed by atoms with Crippen molar-refractivity contribution in [3.63, 3.8) is 0 Å². The first kappa shape index (κ1) is 15.7. The molecule has 0 aliphatic rings. The van der Waals surface area contributed by atoms with Gasteiger partial charge >= 0.3 is 0 Å². The van der Waals surface area contributed by atoms with Crippen LogP contribution in [0.3, 0.4) is 0 Å². The third kappa shape index (κ3) is 3.34. The highest BCUT2D eigenvalue weighted by Gasteiger charge is 2.20. The number of nitrogen functional groups attached to an aromatic ring is 1. The Morgan fingerprint density at radius 1 is 1.24 bits per heavy atom. The van der Waals surface area contributed by atoms with E-state index in [9.17, 15) is 8.42 Å². The number of benzene rings is 1. The van der Waals surface area contributed by atoms with E-state index in [1.165, 1.54) is 18.3 Å². The predicted octanol–water partition coefficient (Wildman–Crippen LogP) is 2.55. The number of anilines is 2. The molecule has 21 heavy (non-hydrogen) atoms. The van der Waals surface area contributed by atoms with Gasteiger partial charge in [-0.3, -0.25) is 4.72 Å². The number of aryl methyl sites for hydroxylation is 2. The fourth-order valence-electron chi connectivity index (χ4n) is 1.98. The van der Waals surface area contributed by atoms with Crippen LogP contribution in [-0.2, 0) is 10.0 Å². The van der Waals surface area contributed by atoms with Crippen LogP contribution in [-0.4, -0.2) is 13.4 Å². The Hall–Kier alpha value is -1.64. The molecule has 112 valence electrons. The summed E-state index contributed by atoms with van der Waals surface area (Å²) in [4.78, 5) is 3.90. The second-order valence-corrected chi connectivity index (χ2v) is 7.08. The van der Waals surface area contributed by atoms with Crippen molar-refractivity contribution in [3.05, 3.63) is 46.1 Å². The van der Waals surface area contributed by atoms with E-state index in [0.717, 1.165) is 15.6 Å². The lowest BCUT2D eigenvalue weighted by Gasteiger charge is -2.15. The maximum Gasteiger partial charge on any atom is 0.265 e. The Kier molecular flexibility index (Phi) is 4.50. The second kappa shape index (κ2) is 6.00. The minimum Gasteiger partial charge on any atom is -0.307 e. The first-order valence-corrected chi connectivity index (χ1v) is 8.34. The fraction of sp³-hybridized carbons (Fsp3) is 0.154. The van der Waals surface area contributed by atoms with E-state index in [0.29, 0.717) is 5.69 Å². The van der Waals surface area contributed by atoms with Crippen molar-refractivity contribution in [3.8, 4) is 0 Å². The molecule has 0 amide bonds. The summed E-state index contributed by atoms with van der Waals surface area (Å²) < 4.78 is 28.5. The standard InChI is InChI=1S/C13H15BrN4O2S/c1-8-6-10(14)7-9(2)12(8)18-21(19,20)11-4-3-5-16-13(11)17-15/h3-7,18H,15H2,1-2H3,(H,16,17). The van der Waals surface area contributed by atoms with E-state index >= 15 is 0 Å². The smallest absolute Gasteiger partial charge is 0.265 e. The molecule has 0 aliphatic heterocycles. The Morgan fingerprint density at radius 3 is 2.43 bits per heavy atom. The SMILES string of the molecule is Cc1cc(Br)cc(C)c1NS(=O)(=O)c1cccnc1NN. The number of sulfonamides is 1. The molecule has 8 heteroatoms. The molecule has 6 nitrogen and oxygen atoms in total. The number of nitrogens with two attached hydrogens (primary N) is 1. The molecule has 2 aromatic rings. The minimum absolute atomic E-state index is 0.00535. The summed E-state index contributed by atoms with van der Waals surface area (Å²) >= 11 is 3.38. The van der Waals surface area contributed by atoms with Gasteiger partial charge in [-0.2, -0.15) is 0 Å². The fourth-order valence-corrected chi connectivity index (χ4v) is 3.99. The van der Waals surface area contributed by atoms with E-state index < -0.39 is 10.0 Å². The number of pyridine rings is 1. The van der Waals surface area contributed by atoms with Crippen LogP contribution in [0.15, 0.2) is 39.8 Å². The first-order chi connectivity index (χ1) is 9.85. The highest BCUT2D eigenvalue weighted by atomic mass is 79.9. The summed E-state index contributed by atoms with van der Waals surface area (Å²) in [5.41, 5.74) is 4.47. The van der Waals surface area contributed by atoms with Crippen molar-refractivity contribution < 1.29 is 8.42 Å². The van der Waals surface area contributed by atoms with Crippen LogP contribution >= 0.6 is 15.9 Å². The molecular weight excluding hydrogens is 356 g/mol. The van der Waals surface area contributed by atoms with Gasteiger partial charge in [0.1, 0.15) is 4.90 Å². The number of nitrogens with zero attached hydrogens (tertiary/aromatic N) is 1. The van der Waals surface area contributed by atoms with Crippen LogP contribution in [0.5, 0.6) is 0 Å². The number of nitrogens with one attached hydrogen (secondary N) is 2. The molecule has 0 fully saturated rings. The largest absolute Gasteiger partial charge is 0.307 e. The number of aromatic nitrogens is 1. The van der Waals surface area contributed by atoms with Gasteiger partial charge < -0.3 is 5.43 Å². The van der Waals surface area contributed by atoms with E-state index in [2.05, 4.69) is 31.1 Å². The zero-order chi connectivity index (χ0) is 15.6.